The molecular weight excluding hydrogens is 659 g/mol. The van der Waals surface area contributed by atoms with Crippen LogP contribution in [0.25, 0.3) is 16.9 Å². The third-order valence-electron chi connectivity index (χ3n) is 7.64. The van der Waals surface area contributed by atoms with Gasteiger partial charge in [0, 0.05) is 5.56 Å². The Bertz CT molecular complexity index is 2020. The molecule has 0 bridgehead atoms. The molecule has 3 heterocycles. The number of fused-ring (bicyclic) bond motifs is 1. The maximum absolute atomic E-state index is 13.5. The van der Waals surface area contributed by atoms with Crippen LogP contribution in [0.3, 0.4) is 0 Å². The Balaban J connectivity index is 1.06. The van der Waals surface area contributed by atoms with Gasteiger partial charge in [-0.05, 0) is 49.4 Å². The first-order chi connectivity index (χ1) is 22.7. The van der Waals surface area contributed by atoms with E-state index in [9.17, 15) is 41.2 Å². The lowest BCUT2D eigenvalue weighted by atomic mass is 10.0. The first-order valence-corrected chi connectivity index (χ1v) is 15.6. The number of hydrogen-bond donors (Lipinski definition) is 1. The minimum Gasteiger partial charge on any atom is -0.569 e. The molecule has 248 valence electrons. The van der Waals surface area contributed by atoms with Gasteiger partial charge in [0.15, 0.2) is 5.69 Å². The molecule has 14 nitrogen and oxygen atoms in total. The Hall–Kier alpha value is -5.78. The molecule has 18 heteroatoms. The van der Waals surface area contributed by atoms with E-state index >= 15 is 0 Å². The number of rotatable bonds is 9. The Morgan fingerprint density at radius 2 is 1.62 bits per heavy atom. The average Bonchev–Trinajstić information content (AvgIpc) is 3.57. The summed E-state index contributed by atoms with van der Waals surface area (Å²) in [5.74, 6) is -3.03. The van der Waals surface area contributed by atoms with E-state index < -0.39 is 52.3 Å². The maximum atomic E-state index is 13.5. The van der Waals surface area contributed by atoms with Crippen molar-refractivity contribution in [3.05, 3.63) is 106 Å². The van der Waals surface area contributed by atoms with Crippen molar-refractivity contribution >= 4 is 27.7 Å². The number of aryl methyl sites for hydroxylation is 1. The highest BCUT2D eigenvalue weighted by atomic mass is 32.2. The second-order valence-electron chi connectivity index (χ2n) is 10.9. The number of carbonyl (C=O) groups is 3. The second kappa shape index (κ2) is 12.1. The van der Waals surface area contributed by atoms with E-state index in [2.05, 4.69) is 10.4 Å². The summed E-state index contributed by atoms with van der Waals surface area (Å²) in [4.78, 5) is 42.7. The van der Waals surface area contributed by atoms with Gasteiger partial charge in [0.05, 0.1) is 51.4 Å². The van der Waals surface area contributed by atoms with Gasteiger partial charge in [0.2, 0.25) is 17.9 Å². The molecule has 1 saturated heterocycles. The number of carbonyl (C=O) groups excluding carboxylic acids is 3. The van der Waals surface area contributed by atoms with Gasteiger partial charge in [-0.15, -0.1) is 5.01 Å². The standard InChI is InChI=1S/C30H24F3N7O7S/c1-18-6-8-19(9-7-18)25-14-26(30(31,32)33)34-39(25)21-10-12-22(13-11-21)48(45,46)35-27(41)20-15-37(16-20)40(44)36-47-17-38-28(42)23-4-2-3-5-24(23)29(38)43/h2-14,20H,15-17H2,1H3,(H,35,41)/b40-36+. The van der Waals surface area contributed by atoms with Crippen molar-refractivity contribution in [2.75, 3.05) is 19.8 Å². The molecule has 1 fully saturated rings. The van der Waals surface area contributed by atoms with Crippen molar-refractivity contribution in [1.82, 2.24) is 24.4 Å². The number of benzene rings is 3. The molecule has 48 heavy (non-hydrogen) atoms. The maximum Gasteiger partial charge on any atom is 0.435 e. The van der Waals surface area contributed by atoms with Gasteiger partial charge in [-0.2, -0.15) is 18.3 Å². The molecule has 0 saturated carbocycles. The number of alkyl halides is 3. The summed E-state index contributed by atoms with van der Waals surface area (Å²) in [7, 11) is -4.40. The van der Waals surface area contributed by atoms with Gasteiger partial charge < -0.3 is 10.0 Å². The molecule has 6 rings (SSSR count). The lowest BCUT2D eigenvalue weighted by Crippen LogP contribution is -2.56. The summed E-state index contributed by atoms with van der Waals surface area (Å²) >= 11 is 0. The minimum absolute atomic E-state index is 0.0134. The number of hydrazine groups is 1. The molecule has 1 aromatic heterocycles. The van der Waals surface area contributed by atoms with Gasteiger partial charge in [0.1, 0.15) is 0 Å². The van der Waals surface area contributed by atoms with Crippen LogP contribution in [-0.2, 0) is 25.8 Å². The molecule has 2 aliphatic rings. The lowest BCUT2D eigenvalue weighted by Gasteiger charge is -2.32. The highest BCUT2D eigenvalue weighted by Crippen LogP contribution is 2.33. The summed E-state index contributed by atoms with van der Waals surface area (Å²) in [5.41, 5.74) is 0.893. The molecule has 4 aromatic rings. The summed E-state index contributed by atoms with van der Waals surface area (Å²) in [5, 5.41) is 20.2. The molecule has 0 atom stereocenters. The third-order valence-corrected chi connectivity index (χ3v) is 9.00. The van der Waals surface area contributed by atoms with Crippen LogP contribution in [0.1, 0.15) is 32.0 Å². The number of nitrogens with zero attached hydrogens (tertiary/aromatic N) is 6. The van der Waals surface area contributed by atoms with Gasteiger partial charge >= 0.3 is 6.18 Å². The fourth-order valence-electron chi connectivity index (χ4n) is 4.99. The summed E-state index contributed by atoms with van der Waals surface area (Å²) in [6, 6.07) is 18.6. The van der Waals surface area contributed by atoms with Gasteiger partial charge in [-0.3, -0.25) is 14.4 Å². The Morgan fingerprint density at radius 1 is 1.02 bits per heavy atom. The van der Waals surface area contributed by atoms with Crippen molar-refractivity contribution in [3.63, 3.8) is 0 Å². The van der Waals surface area contributed by atoms with E-state index in [1.54, 1.807) is 36.4 Å². The predicted molar refractivity (Wildman–Crippen MR) is 158 cm³/mol. The zero-order valence-corrected chi connectivity index (χ0v) is 25.6. The van der Waals surface area contributed by atoms with Crippen molar-refractivity contribution < 1.29 is 45.8 Å². The number of hydrogen-bond acceptors (Lipinski definition) is 9. The van der Waals surface area contributed by atoms with Crippen LogP contribution in [-0.4, -0.2) is 70.6 Å². The van der Waals surface area contributed by atoms with Crippen molar-refractivity contribution in [2.24, 2.45) is 11.2 Å². The van der Waals surface area contributed by atoms with Crippen LogP contribution in [0, 0.1) is 18.0 Å². The number of sulfonamides is 1. The summed E-state index contributed by atoms with van der Waals surface area (Å²) in [6.07, 6.45) is -4.72. The Kier molecular flexibility index (Phi) is 8.11. The fraction of sp³-hybridized carbons (Fsp3) is 0.200. The van der Waals surface area contributed by atoms with E-state index in [1.165, 1.54) is 24.3 Å². The monoisotopic (exact) mass is 683 g/mol. The van der Waals surface area contributed by atoms with Gasteiger partial charge in [0.25, 0.3) is 21.8 Å². The normalized spacial score (nSPS) is 15.4. The van der Waals surface area contributed by atoms with Crippen LogP contribution in [0.5, 0.6) is 0 Å². The van der Waals surface area contributed by atoms with Crippen LogP contribution < -0.4 is 4.72 Å². The number of nitrogens with one attached hydrogen (secondary N) is 1. The molecule has 2 aliphatic heterocycles. The predicted octanol–water partition coefficient (Wildman–Crippen LogP) is 3.67. The van der Waals surface area contributed by atoms with E-state index in [1.807, 2.05) is 11.6 Å². The molecule has 1 N–H and O–H groups in total. The molecule has 0 radical (unpaired) electrons. The SMILES string of the molecule is Cc1ccc(-c2cc(C(F)(F)F)nn2-c2ccc(S(=O)(=O)NC(=O)C3CN(/[N+]([O-])=N\OCN4C(=O)c5ccccc5C4=O)C3)cc2)cc1. The second-order valence-corrected chi connectivity index (χ2v) is 12.6. The summed E-state index contributed by atoms with van der Waals surface area (Å²) in [6.45, 7) is 0.770. The van der Waals surface area contributed by atoms with E-state index in [0.717, 1.165) is 38.4 Å². The molecular formula is C30H24F3N7O7S. The lowest BCUT2D eigenvalue weighted by molar-refractivity contribution is -0.725. The minimum atomic E-state index is -4.72. The van der Waals surface area contributed by atoms with E-state index in [4.69, 9.17) is 4.84 Å². The first-order valence-electron chi connectivity index (χ1n) is 14.1. The topological polar surface area (TPSA) is 169 Å². The molecule has 3 amide bonds. The van der Waals surface area contributed by atoms with Crippen LogP contribution >= 0.6 is 0 Å². The Morgan fingerprint density at radius 3 is 2.21 bits per heavy atom. The Labute approximate surface area is 270 Å². The smallest absolute Gasteiger partial charge is 0.435 e. The fourth-order valence-corrected chi connectivity index (χ4v) is 6.03. The first kappa shape index (κ1) is 32.2. The van der Waals surface area contributed by atoms with Crippen molar-refractivity contribution in [3.8, 4) is 16.9 Å². The highest BCUT2D eigenvalue weighted by molar-refractivity contribution is 7.90. The molecule has 0 unspecified atom stereocenters. The zero-order valence-electron chi connectivity index (χ0n) is 24.8. The quantitative estimate of drug-likeness (QED) is 0.120. The van der Waals surface area contributed by atoms with Crippen molar-refractivity contribution in [1.29, 1.82) is 0 Å². The number of aromatic nitrogens is 2. The van der Waals surface area contributed by atoms with E-state index in [-0.39, 0.29) is 45.5 Å². The molecule has 3 aromatic carbocycles. The number of amides is 3. The highest BCUT2D eigenvalue weighted by Gasteiger charge is 2.41. The van der Waals surface area contributed by atoms with Crippen LogP contribution in [0.2, 0.25) is 0 Å². The van der Waals surface area contributed by atoms with Gasteiger partial charge in [-0.1, -0.05) is 42.0 Å². The van der Waals surface area contributed by atoms with Crippen LogP contribution in [0.4, 0.5) is 13.2 Å². The zero-order chi connectivity index (χ0) is 34.4. The number of halogens is 3. The number of imide groups is 1. The third kappa shape index (κ3) is 6.16. The summed E-state index contributed by atoms with van der Waals surface area (Å²) < 4.78 is 69.4. The largest absolute Gasteiger partial charge is 0.569 e. The molecule has 0 aliphatic carbocycles. The average molecular weight is 684 g/mol. The van der Waals surface area contributed by atoms with Crippen molar-refractivity contribution in [2.45, 2.75) is 18.0 Å². The van der Waals surface area contributed by atoms with E-state index in [0.29, 0.717) is 5.56 Å². The van der Waals surface area contributed by atoms with Crippen LogP contribution in [0.15, 0.2) is 89.0 Å². The molecule has 0 spiro atoms. The van der Waals surface area contributed by atoms with Gasteiger partial charge in [-0.25, -0.2) is 22.7 Å².